The molecule has 94 valence electrons. The second-order valence-corrected chi connectivity index (χ2v) is 4.62. The Morgan fingerprint density at radius 1 is 1.44 bits per heavy atom. The maximum absolute atomic E-state index is 6.01. The molecule has 0 saturated carbocycles. The fourth-order valence-corrected chi connectivity index (χ4v) is 2.41. The molecular weight excluding hydrogens is 226 g/mol. The number of hydrogen-bond donors (Lipinski definition) is 1. The summed E-state index contributed by atoms with van der Waals surface area (Å²) in [5.41, 5.74) is 8.61. The smallest absolute Gasteiger partial charge is 0.119 e. The third-order valence-electron chi connectivity index (χ3n) is 3.39. The summed E-state index contributed by atoms with van der Waals surface area (Å²) in [5.74, 6) is 0.926. The van der Waals surface area contributed by atoms with Crippen molar-refractivity contribution >= 4 is 0 Å². The Morgan fingerprint density at radius 2 is 2.39 bits per heavy atom. The Morgan fingerprint density at radius 3 is 3.22 bits per heavy atom. The second kappa shape index (κ2) is 4.82. The zero-order valence-corrected chi connectivity index (χ0v) is 10.2. The van der Waals surface area contributed by atoms with Gasteiger partial charge in [-0.3, -0.25) is 4.68 Å². The zero-order chi connectivity index (χ0) is 12.4. The highest BCUT2D eigenvalue weighted by atomic mass is 16.5. The topological polar surface area (TPSA) is 53.1 Å². The largest absolute Gasteiger partial charge is 0.492 e. The van der Waals surface area contributed by atoms with Crippen molar-refractivity contribution in [1.29, 1.82) is 0 Å². The van der Waals surface area contributed by atoms with Gasteiger partial charge in [0.1, 0.15) is 12.4 Å². The molecule has 0 spiro atoms. The van der Waals surface area contributed by atoms with Crippen LogP contribution in [0.25, 0.3) is 0 Å². The molecule has 1 aliphatic carbocycles. The van der Waals surface area contributed by atoms with E-state index in [2.05, 4.69) is 17.2 Å². The molecule has 0 bridgehead atoms. The number of fused-ring (bicyclic) bond motifs is 1. The van der Waals surface area contributed by atoms with Gasteiger partial charge in [-0.25, -0.2) is 0 Å². The molecule has 4 heteroatoms. The van der Waals surface area contributed by atoms with Crippen molar-refractivity contribution < 1.29 is 4.74 Å². The molecule has 0 unspecified atom stereocenters. The summed E-state index contributed by atoms with van der Waals surface area (Å²) in [5, 5.41) is 4.14. The Hall–Kier alpha value is -1.81. The van der Waals surface area contributed by atoms with Crippen LogP contribution in [0.4, 0.5) is 0 Å². The first-order valence-corrected chi connectivity index (χ1v) is 6.31. The number of aromatic nitrogens is 2. The Kier molecular flexibility index (Phi) is 3.02. The van der Waals surface area contributed by atoms with Crippen LogP contribution >= 0.6 is 0 Å². The summed E-state index contributed by atoms with van der Waals surface area (Å²) in [6.45, 7) is 1.40. The summed E-state index contributed by atoms with van der Waals surface area (Å²) >= 11 is 0. The Labute approximate surface area is 106 Å². The van der Waals surface area contributed by atoms with E-state index in [1.165, 1.54) is 11.1 Å². The van der Waals surface area contributed by atoms with Gasteiger partial charge in [-0.2, -0.15) is 5.10 Å². The van der Waals surface area contributed by atoms with Crippen molar-refractivity contribution in [3.8, 4) is 5.75 Å². The molecule has 1 aromatic carbocycles. The molecule has 4 nitrogen and oxygen atoms in total. The van der Waals surface area contributed by atoms with Gasteiger partial charge in [-0.1, -0.05) is 6.07 Å². The van der Waals surface area contributed by atoms with Gasteiger partial charge < -0.3 is 10.5 Å². The zero-order valence-electron chi connectivity index (χ0n) is 10.2. The number of ether oxygens (including phenoxy) is 1. The molecular formula is C14H17N3O. The van der Waals surface area contributed by atoms with E-state index in [1.54, 1.807) is 6.20 Å². The van der Waals surface area contributed by atoms with Crippen LogP contribution in [0.1, 0.15) is 23.6 Å². The van der Waals surface area contributed by atoms with Gasteiger partial charge in [0.05, 0.1) is 6.54 Å². The highest BCUT2D eigenvalue weighted by molar-refractivity contribution is 5.40. The predicted molar refractivity (Wildman–Crippen MR) is 69.4 cm³/mol. The molecule has 1 aliphatic rings. The molecule has 1 atom stereocenters. The fraction of sp³-hybridized carbons (Fsp3) is 0.357. The number of hydrogen-bond acceptors (Lipinski definition) is 3. The second-order valence-electron chi connectivity index (χ2n) is 4.62. The molecule has 18 heavy (non-hydrogen) atoms. The minimum Gasteiger partial charge on any atom is -0.492 e. The quantitative estimate of drug-likeness (QED) is 0.892. The molecule has 2 aromatic rings. The van der Waals surface area contributed by atoms with Crippen molar-refractivity contribution in [3.63, 3.8) is 0 Å². The SMILES string of the molecule is N[C@H]1CCc2cc(OCCn3cccn3)ccc21. The maximum atomic E-state index is 6.01. The van der Waals surface area contributed by atoms with E-state index in [1.807, 2.05) is 23.0 Å². The monoisotopic (exact) mass is 243 g/mol. The van der Waals surface area contributed by atoms with Gasteiger partial charge in [-0.05, 0) is 42.2 Å². The maximum Gasteiger partial charge on any atom is 0.119 e. The molecule has 0 radical (unpaired) electrons. The predicted octanol–water partition coefficient (Wildman–Crippen LogP) is 1.91. The lowest BCUT2D eigenvalue weighted by atomic mass is 10.1. The highest BCUT2D eigenvalue weighted by Gasteiger charge is 2.18. The molecule has 3 rings (SSSR count). The van der Waals surface area contributed by atoms with Gasteiger partial charge in [0, 0.05) is 18.4 Å². The summed E-state index contributed by atoms with van der Waals surface area (Å²) in [4.78, 5) is 0. The summed E-state index contributed by atoms with van der Waals surface area (Å²) in [6.07, 6.45) is 5.82. The van der Waals surface area contributed by atoms with E-state index in [4.69, 9.17) is 10.5 Å². The van der Waals surface area contributed by atoms with Gasteiger partial charge in [0.25, 0.3) is 0 Å². The van der Waals surface area contributed by atoms with Crippen LogP contribution in [-0.4, -0.2) is 16.4 Å². The van der Waals surface area contributed by atoms with Gasteiger partial charge in [0.2, 0.25) is 0 Å². The minimum absolute atomic E-state index is 0.207. The molecule has 0 aliphatic heterocycles. The van der Waals surface area contributed by atoms with Crippen LogP contribution in [0.15, 0.2) is 36.7 Å². The highest BCUT2D eigenvalue weighted by Crippen LogP contribution is 2.31. The summed E-state index contributed by atoms with van der Waals surface area (Å²) in [7, 11) is 0. The average Bonchev–Trinajstić information content (AvgIpc) is 3.00. The van der Waals surface area contributed by atoms with Crippen LogP contribution in [-0.2, 0) is 13.0 Å². The van der Waals surface area contributed by atoms with Crippen molar-refractivity contribution in [3.05, 3.63) is 47.8 Å². The summed E-state index contributed by atoms with van der Waals surface area (Å²) in [6, 6.07) is 8.34. The molecule has 2 N–H and O–H groups in total. The third-order valence-corrected chi connectivity index (χ3v) is 3.39. The van der Waals surface area contributed by atoms with Gasteiger partial charge >= 0.3 is 0 Å². The Bertz CT molecular complexity index is 522. The average molecular weight is 243 g/mol. The Balaban J connectivity index is 1.60. The van der Waals surface area contributed by atoms with Crippen molar-refractivity contribution in [2.75, 3.05) is 6.61 Å². The van der Waals surface area contributed by atoms with Crippen LogP contribution in [0.2, 0.25) is 0 Å². The minimum atomic E-state index is 0.207. The van der Waals surface area contributed by atoms with E-state index in [0.29, 0.717) is 6.61 Å². The molecule has 1 aromatic heterocycles. The normalized spacial score (nSPS) is 17.7. The molecule has 0 saturated heterocycles. The van der Waals surface area contributed by atoms with E-state index in [0.717, 1.165) is 25.1 Å². The van der Waals surface area contributed by atoms with Crippen LogP contribution in [0.5, 0.6) is 5.75 Å². The lowest BCUT2D eigenvalue weighted by molar-refractivity contribution is 0.291. The fourth-order valence-electron chi connectivity index (χ4n) is 2.41. The van der Waals surface area contributed by atoms with Crippen LogP contribution in [0, 0.1) is 0 Å². The van der Waals surface area contributed by atoms with Crippen molar-refractivity contribution in [2.45, 2.75) is 25.4 Å². The number of aryl methyl sites for hydroxylation is 1. The first-order chi connectivity index (χ1) is 8.83. The van der Waals surface area contributed by atoms with E-state index in [9.17, 15) is 0 Å². The number of rotatable bonds is 4. The lowest BCUT2D eigenvalue weighted by Crippen LogP contribution is -2.09. The van der Waals surface area contributed by atoms with E-state index >= 15 is 0 Å². The number of benzene rings is 1. The van der Waals surface area contributed by atoms with E-state index in [-0.39, 0.29) is 6.04 Å². The molecule has 0 amide bonds. The van der Waals surface area contributed by atoms with Crippen LogP contribution in [0.3, 0.4) is 0 Å². The molecule has 0 fully saturated rings. The third kappa shape index (κ3) is 2.24. The van der Waals surface area contributed by atoms with Crippen molar-refractivity contribution in [2.24, 2.45) is 5.73 Å². The van der Waals surface area contributed by atoms with Crippen molar-refractivity contribution in [1.82, 2.24) is 9.78 Å². The number of nitrogens with two attached hydrogens (primary N) is 1. The standard InChI is InChI=1S/C14H17N3O/c15-14-5-2-11-10-12(3-4-13(11)14)18-9-8-17-7-1-6-16-17/h1,3-4,6-7,10,14H,2,5,8-9,15H2/t14-/m0/s1. The first kappa shape index (κ1) is 11.3. The first-order valence-electron chi connectivity index (χ1n) is 6.31. The lowest BCUT2D eigenvalue weighted by Gasteiger charge is -2.09. The van der Waals surface area contributed by atoms with Gasteiger partial charge in [-0.15, -0.1) is 0 Å². The summed E-state index contributed by atoms with van der Waals surface area (Å²) < 4.78 is 7.60. The molecule has 1 heterocycles. The van der Waals surface area contributed by atoms with E-state index < -0.39 is 0 Å². The van der Waals surface area contributed by atoms with Crippen LogP contribution < -0.4 is 10.5 Å². The number of nitrogens with zero attached hydrogens (tertiary/aromatic N) is 2. The van der Waals surface area contributed by atoms with Gasteiger partial charge in [0.15, 0.2) is 0 Å².